The third-order valence-electron chi connectivity index (χ3n) is 2.94. The zero-order valence-corrected chi connectivity index (χ0v) is 21.1. The van der Waals surface area contributed by atoms with Gasteiger partial charge in [-0.05, 0) is 51.4 Å². The quantitative estimate of drug-likeness (QED) is 0.305. The largest absolute Gasteiger partial charge is 4.00 e. The van der Waals surface area contributed by atoms with Crippen molar-refractivity contribution >= 4 is 47.8 Å². The smallest absolute Gasteiger partial charge is 0.550 e. The summed E-state index contributed by atoms with van der Waals surface area (Å²) in [5.41, 5.74) is 0. The zero-order chi connectivity index (χ0) is 22.8. The van der Waals surface area contributed by atoms with E-state index in [1.807, 2.05) is 27.7 Å². The van der Waals surface area contributed by atoms with Crippen LogP contribution in [0.1, 0.15) is 105 Å². The minimum atomic E-state index is -0.943. The van der Waals surface area contributed by atoms with E-state index in [0.717, 1.165) is 51.4 Å². The normalized spacial score (nSPS) is 8.41. The summed E-state index contributed by atoms with van der Waals surface area (Å²) in [6.45, 7) is 7.79. The number of carboxylic acids is 4. The maximum absolute atomic E-state index is 9.65. The predicted molar refractivity (Wildman–Crippen MR) is 104 cm³/mol. The molecule has 0 aliphatic carbocycles. The third kappa shape index (κ3) is 75.4. The van der Waals surface area contributed by atoms with Gasteiger partial charge >= 0.3 is 23.9 Å². The fourth-order valence-electron chi connectivity index (χ4n) is 1.28. The van der Waals surface area contributed by atoms with Crippen molar-refractivity contribution < 1.29 is 39.6 Å². The molecule has 0 spiro atoms. The van der Waals surface area contributed by atoms with Gasteiger partial charge < -0.3 is 39.6 Å². The Bertz CT molecular complexity index is 315. The average Bonchev–Trinajstić information content (AvgIpc) is 2.62. The fraction of sp³-hybridized carbons (Fsp3) is 0.800. The molecule has 0 saturated carbocycles. The van der Waals surface area contributed by atoms with Gasteiger partial charge in [0, 0.05) is 23.9 Å². The molecule has 0 N–H and O–H groups in total. The van der Waals surface area contributed by atoms with Crippen LogP contribution < -0.4 is 20.4 Å². The number of unbranched alkanes of at least 4 members (excludes halogenated alkanes) is 4. The summed E-state index contributed by atoms with van der Waals surface area (Å²) < 4.78 is 0. The Morgan fingerprint density at radius 3 is 0.621 bits per heavy atom. The minimum Gasteiger partial charge on any atom is -0.550 e. The van der Waals surface area contributed by atoms with Gasteiger partial charge in [0.1, 0.15) is 0 Å². The SMILES string of the molecule is CCCCC(=O)[O-].CCCCC(=O)[O-].CCCCC(=O)[O-].CCCCC(=O)[O-].[Sn+4]. The maximum atomic E-state index is 9.65. The maximum Gasteiger partial charge on any atom is 4.00 e. The number of carbonyl (C=O) groups excluding carboxylic acids is 4. The summed E-state index contributed by atoms with van der Waals surface area (Å²) in [6, 6.07) is 0. The molecule has 0 fully saturated rings. The average molecular weight is 523 g/mol. The van der Waals surface area contributed by atoms with Crippen molar-refractivity contribution in [2.75, 3.05) is 0 Å². The molecular weight excluding hydrogens is 487 g/mol. The summed E-state index contributed by atoms with van der Waals surface area (Å²) in [5, 5.41) is 38.6. The van der Waals surface area contributed by atoms with E-state index < -0.39 is 23.9 Å². The van der Waals surface area contributed by atoms with Crippen LogP contribution in [-0.4, -0.2) is 47.8 Å². The van der Waals surface area contributed by atoms with Crippen molar-refractivity contribution in [3.8, 4) is 0 Å². The van der Waals surface area contributed by atoms with Crippen molar-refractivity contribution in [2.24, 2.45) is 0 Å². The van der Waals surface area contributed by atoms with E-state index in [1.165, 1.54) is 0 Å². The first kappa shape index (κ1) is 38.3. The van der Waals surface area contributed by atoms with E-state index in [9.17, 15) is 39.6 Å². The molecule has 0 rings (SSSR count). The van der Waals surface area contributed by atoms with Crippen LogP contribution in [0.3, 0.4) is 0 Å². The Hall–Kier alpha value is -1.32. The van der Waals surface area contributed by atoms with Gasteiger partial charge in [-0.25, -0.2) is 0 Å². The molecule has 0 radical (unpaired) electrons. The van der Waals surface area contributed by atoms with Crippen LogP contribution in [-0.2, 0) is 19.2 Å². The Labute approximate surface area is 192 Å². The molecule has 0 aromatic rings. The second-order valence-electron chi connectivity index (χ2n) is 5.90. The first-order chi connectivity index (χ1) is 13.1. The Morgan fingerprint density at radius 2 is 0.586 bits per heavy atom. The molecule has 0 aliphatic rings. The monoisotopic (exact) mass is 524 g/mol. The summed E-state index contributed by atoms with van der Waals surface area (Å²) >= 11 is 0. The van der Waals surface area contributed by atoms with Crippen molar-refractivity contribution in [1.82, 2.24) is 0 Å². The van der Waals surface area contributed by atoms with Crippen LogP contribution >= 0.6 is 0 Å². The van der Waals surface area contributed by atoms with E-state index in [0.29, 0.717) is 0 Å². The number of hydrogen-bond donors (Lipinski definition) is 0. The number of carboxylic acid groups (broad SMARTS) is 4. The van der Waals surface area contributed by atoms with E-state index in [-0.39, 0.29) is 49.6 Å². The van der Waals surface area contributed by atoms with Crippen LogP contribution in [0.5, 0.6) is 0 Å². The first-order valence-corrected chi connectivity index (χ1v) is 9.88. The zero-order valence-electron chi connectivity index (χ0n) is 18.3. The van der Waals surface area contributed by atoms with Gasteiger partial charge in [0.2, 0.25) is 0 Å². The molecule has 0 bridgehead atoms. The molecule has 0 aromatic carbocycles. The fourth-order valence-corrected chi connectivity index (χ4v) is 1.28. The topological polar surface area (TPSA) is 161 Å². The van der Waals surface area contributed by atoms with Crippen molar-refractivity contribution in [3.05, 3.63) is 0 Å². The molecule has 0 aromatic heterocycles. The van der Waals surface area contributed by atoms with Crippen molar-refractivity contribution in [1.29, 1.82) is 0 Å². The predicted octanol–water partition coefficient (Wildman–Crippen LogP) is -0.675. The van der Waals surface area contributed by atoms with Gasteiger partial charge in [-0.15, -0.1) is 0 Å². The molecule has 0 saturated heterocycles. The summed E-state index contributed by atoms with van der Waals surface area (Å²) in [5.74, 6) is -3.77. The van der Waals surface area contributed by atoms with Gasteiger partial charge in [0.05, 0.1) is 0 Å². The van der Waals surface area contributed by atoms with Crippen LogP contribution in [0, 0.1) is 0 Å². The van der Waals surface area contributed by atoms with Crippen LogP contribution in [0.15, 0.2) is 0 Å². The van der Waals surface area contributed by atoms with Crippen LogP contribution in [0.25, 0.3) is 0 Å². The molecule has 0 heterocycles. The molecule has 8 nitrogen and oxygen atoms in total. The minimum absolute atomic E-state index is 0. The van der Waals surface area contributed by atoms with E-state index in [4.69, 9.17) is 0 Å². The van der Waals surface area contributed by atoms with Crippen LogP contribution in [0.4, 0.5) is 0 Å². The number of rotatable bonds is 12. The third-order valence-corrected chi connectivity index (χ3v) is 2.94. The molecule has 9 heteroatoms. The molecule has 168 valence electrons. The number of hydrogen-bond acceptors (Lipinski definition) is 8. The molecule has 0 atom stereocenters. The van der Waals surface area contributed by atoms with Gasteiger partial charge in [0.15, 0.2) is 0 Å². The second kappa shape index (κ2) is 34.2. The van der Waals surface area contributed by atoms with E-state index >= 15 is 0 Å². The molecule has 29 heavy (non-hydrogen) atoms. The summed E-state index contributed by atoms with van der Waals surface area (Å²) in [6.07, 6.45) is 7.47. The van der Waals surface area contributed by atoms with Gasteiger partial charge in [-0.1, -0.05) is 53.4 Å². The second-order valence-corrected chi connectivity index (χ2v) is 5.90. The number of carbonyl (C=O) groups is 4. The van der Waals surface area contributed by atoms with Gasteiger partial charge in [-0.3, -0.25) is 0 Å². The van der Waals surface area contributed by atoms with Crippen molar-refractivity contribution in [2.45, 2.75) is 105 Å². The Morgan fingerprint density at radius 1 is 0.448 bits per heavy atom. The van der Waals surface area contributed by atoms with Gasteiger partial charge in [-0.2, -0.15) is 0 Å². The molecule has 0 amide bonds. The first-order valence-electron chi connectivity index (χ1n) is 9.88. The Kier molecular flexibility index (Phi) is 45.2. The van der Waals surface area contributed by atoms with Gasteiger partial charge in [0.25, 0.3) is 0 Å². The number of aliphatic carboxylic acids is 4. The Balaban J connectivity index is -0.0000000873. The van der Waals surface area contributed by atoms with E-state index in [2.05, 4.69) is 0 Å². The standard InChI is InChI=1S/4C5H10O2.Sn/c4*1-2-3-4-5(6)7;/h4*2-4H2,1H3,(H,6,7);/q;;;;+4/p-4. The molecule has 0 aliphatic heterocycles. The van der Waals surface area contributed by atoms with Crippen molar-refractivity contribution in [3.63, 3.8) is 0 Å². The summed E-state index contributed by atoms with van der Waals surface area (Å²) in [7, 11) is 0. The summed E-state index contributed by atoms with van der Waals surface area (Å²) in [4.78, 5) is 38.6. The molecule has 0 unspecified atom stereocenters. The van der Waals surface area contributed by atoms with E-state index in [1.54, 1.807) is 0 Å². The van der Waals surface area contributed by atoms with Crippen LogP contribution in [0.2, 0.25) is 0 Å². The molecular formula is C20H36O8Sn.